The van der Waals surface area contributed by atoms with Crippen LogP contribution >= 0.6 is 0 Å². The second-order valence-corrected chi connectivity index (χ2v) is 5.70. The topological polar surface area (TPSA) is 15.3 Å². The molecule has 3 rings (SSSR count). The first-order valence-corrected chi connectivity index (χ1v) is 7.43. The van der Waals surface area contributed by atoms with Crippen LogP contribution in [0.3, 0.4) is 0 Å². The summed E-state index contributed by atoms with van der Waals surface area (Å²) in [6.45, 7) is 4.89. The van der Waals surface area contributed by atoms with Gasteiger partial charge in [-0.1, -0.05) is 36.8 Å². The summed E-state index contributed by atoms with van der Waals surface area (Å²) in [5, 5.41) is 3.52. The van der Waals surface area contributed by atoms with E-state index in [2.05, 4.69) is 40.5 Å². The Morgan fingerprint density at radius 2 is 1.56 bits per heavy atom. The van der Waals surface area contributed by atoms with Crippen molar-refractivity contribution >= 4 is 0 Å². The highest BCUT2D eigenvalue weighted by Gasteiger charge is 2.39. The van der Waals surface area contributed by atoms with Gasteiger partial charge >= 0.3 is 0 Å². The Kier molecular flexibility index (Phi) is 3.67. The van der Waals surface area contributed by atoms with Crippen molar-refractivity contribution in [3.8, 4) is 0 Å². The summed E-state index contributed by atoms with van der Waals surface area (Å²) in [4.78, 5) is 2.77. The Hall–Kier alpha value is -0.860. The molecule has 2 heteroatoms. The van der Waals surface area contributed by atoms with E-state index in [1.165, 1.54) is 50.8 Å². The molecule has 0 spiro atoms. The average Bonchev–Trinajstić information content (AvgIpc) is 2.50. The third kappa shape index (κ3) is 2.19. The summed E-state index contributed by atoms with van der Waals surface area (Å²) in [5.74, 6) is 0. The maximum Gasteiger partial charge on any atom is 0.0484 e. The first kappa shape index (κ1) is 12.2. The Morgan fingerprint density at radius 1 is 0.889 bits per heavy atom. The van der Waals surface area contributed by atoms with Crippen LogP contribution in [0.15, 0.2) is 30.3 Å². The summed E-state index contributed by atoms with van der Waals surface area (Å²) >= 11 is 0. The molecule has 0 saturated carbocycles. The van der Waals surface area contributed by atoms with Crippen molar-refractivity contribution in [2.24, 2.45) is 0 Å². The van der Waals surface area contributed by atoms with E-state index in [0.717, 1.165) is 13.1 Å². The summed E-state index contributed by atoms with van der Waals surface area (Å²) < 4.78 is 0. The van der Waals surface area contributed by atoms with Crippen molar-refractivity contribution in [1.29, 1.82) is 0 Å². The molecule has 2 aliphatic rings. The molecule has 1 aromatic rings. The summed E-state index contributed by atoms with van der Waals surface area (Å²) in [5.41, 5.74) is 1.85. The molecular weight excluding hydrogens is 220 g/mol. The molecule has 0 radical (unpaired) electrons. The molecule has 98 valence electrons. The van der Waals surface area contributed by atoms with E-state index in [9.17, 15) is 0 Å². The van der Waals surface area contributed by atoms with Gasteiger partial charge in [0.05, 0.1) is 0 Å². The Bertz CT molecular complexity index is 362. The van der Waals surface area contributed by atoms with Crippen molar-refractivity contribution in [3.63, 3.8) is 0 Å². The molecule has 2 fully saturated rings. The molecule has 0 amide bonds. The fraction of sp³-hybridized carbons (Fsp3) is 0.625. The summed E-state index contributed by atoms with van der Waals surface area (Å²) in [6, 6.07) is 11.2. The van der Waals surface area contributed by atoms with Gasteiger partial charge in [0.25, 0.3) is 0 Å². The van der Waals surface area contributed by atoms with Gasteiger partial charge in [-0.25, -0.2) is 0 Å². The van der Waals surface area contributed by atoms with E-state index in [0.29, 0.717) is 5.54 Å². The largest absolute Gasteiger partial charge is 0.317 e. The molecule has 2 saturated heterocycles. The van der Waals surface area contributed by atoms with Gasteiger partial charge < -0.3 is 5.32 Å². The molecule has 0 aromatic heterocycles. The molecule has 2 aliphatic heterocycles. The van der Waals surface area contributed by atoms with E-state index in [1.54, 1.807) is 0 Å². The van der Waals surface area contributed by atoms with Gasteiger partial charge in [0.2, 0.25) is 0 Å². The molecule has 1 aromatic carbocycles. The number of likely N-dealkylation sites (tertiary alicyclic amines) is 1. The zero-order chi connectivity index (χ0) is 12.3. The van der Waals surface area contributed by atoms with Crippen LogP contribution in [0.25, 0.3) is 0 Å². The van der Waals surface area contributed by atoms with Gasteiger partial charge in [-0.05, 0) is 57.4 Å². The van der Waals surface area contributed by atoms with Crippen molar-refractivity contribution in [2.75, 3.05) is 26.2 Å². The average molecular weight is 244 g/mol. The van der Waals surface area contributed by atoms with Crippen molar-refractivity contribution in [2.45, 2.75) is 37.6 Å². The minimum Gasteiger partial charge on any atom is -0.317 e. The quantitative estimate of drug-likeness (QED) is 0.860. The molecule has 0 unspecified atom stereocenters. The predicted octanol–water partition coefficient (Wildman–Crippen LogP) is 2.75. The lowest BCUT2D eigenvalue weighted by Crippen LogP contribution is -2.53. The molecule has 1 N–H and O–H groups in total. The Labute approximate surface area is 110 Å². The monoisotopic (exact) mass is 244 g/mol. The van der Waals surface area contributed by atoms with Crippen molar-refractivity contribution < 1.29 is 0 Å². The van der Waals surface area contributed by atoms with Crippen LogP contribution in [0.4, 0.5) is 0 Å². The van der Waals surface area contributed by atoms with Crippen LogP contribution in [0, 0.1) is 0 Å². The highest BCUT2D eigenvalue weighted by molar-refractivity contribution is 5.26. The Balaban J connectivity index is 1.92. The van der Waals surface area contributed by atoms with Crippen LogP contribution in [-0.4, -0.2) is 31.1 Å². The van der Waals surface area contributed by atoms with Gasteiger partial charge in [0.1, 0.15) is 0 Å². The third-order valence-corrected chi connectivity index (χ3v) is 4.70. The minimum absolute atomic E-state index is 0.312. The van der Waals surface area contributed by atoms with Crippen molar-refractivity contribution in [3.05, 3.63) is 35.9 Å². The number of nitrogens with one attached hydrogen (secondary N) is 1. The SMILES string of the molecule is c1ccc(C2(N3CCCCC3)CCNCC2)cc1. The van der Waals surface area contributed by atoms with E-state index in [4.69, 9.17) is 0 Å². The molecule has 0 atom stereocenters. The van der Waals surface area contributed by atoms with Crippen LogP contribution in [-0.2, 0) is 5.54 Å². The van der Waals surface area contributed by atoms with E-state index >= 15 is 0 Å². The third-order valence-electron chi connectivity index (χ3n) is 4.70. The summed E-state index contributed by atoms with van der Waals surface area (Å²) in [6.07, 6.45) is 6.69. The first-order chi connectivity index (χ1) is 8.92. The zero-order valence-electron chi connectivity index (χ0n) is 11.2. The fourth-order valence-electron chi connectivity index (χ4n) is 3.70. The maximum absolute atomic E-state index is 3.52. The highest BCUT2D eigenvalue weighted by Crippen LogP contribution is 2.38. The van der Waals surface area contributed by atoms with Crippen molar-refractivity contribution in [1.82, 2.24) is 10.2 Å². The van der Waals surface area contributed by atoms with Gasteiger partial charge in [-0.3, -0.25) is 4.90 Å². The van der Waals surface area contributed by atoms with E-state index in [-0.39, 0.29) is 0 Å². The summed E-state index contributed by atoms with van der Waals surface area (Å²) in [7, 11) is 0. The number of benzene rings is 1. The van der Waals surface area contributed by atoms with Gasteiger partial charge in [-0.15, -0.1) is 0 Å². The molecule has 18 heavy (non-hydrogen) atoms. The second-order valence-electron chi connectivity index (χ2n) is 5.70. The molecular formula is C16H24N2. The van der Waals surface area contributed by atoms with Gasteiger partial charge in [0.15, 0.2) is 0 Å². The van der Waals surface area contributed by atoms with E-state index < -0.39 is 0 Å². The van der Waals surface area contributed by atoms with Crippen LogP contribution < -0.4 is 5.32 Å². The maximum atomic E-state index is 3.52. The lowest BCUT2D eigenvalue weighted by molar-refractivity contribution is 0.0360. The standard InChI is InChI=1S/C16H24N2/c1-3-7-15(8-4-1)16(9-11-17-12-10-16)18-13-5-2-6-14-18/h1,3-4,7-8,17H,2,5-6,9-14H2. The number of hydrogen-bond donors (Lipinski definition) is 1. The molecule has 0 bridgehead atoms. The lowest BCUT2D eigenvalue weighted by Gasteiger charge is -2.48. The smallest absolute Gasteiger partial charge is 0.0484 e. The highest BCUT2D eigenvalue weighted by atomic mass is 15.2. The first-order valence-electron chi connectivity index (χ1n) is 7.43. The second kappa shape index (κ2) is 5.41. The zero-order valence-corrected chi connectivity index (χ0v) is 11.2. The molecule has 0 aliphatic carbocycles. The number of nitrogens with zero attached hydrogens (tertiary/aromatic N) is 1. The molecule has 2 nitrogen and oxygen atoms in total. The number of piperidine rings is 2. The van der Waals surface area contributed by atoms with Crippen LogP contribution in [0.2, 0.25) is 0 Å². The van der Waals surface area contributed by atoms with Gasteiger partial charge in [0, 0.05) is 5.54 Å². The number of rotatable bonds is 2. The van der Waals surface area contributed by atoms with Crippen LogP contribution in [0.5, 0.6) is 0 Å². The normalized spacial score (nSPS) is 24.9. The van der Waals surface area contributed by atoms with Gasteiger partial charge in [-0.2, -0.15) is 0 Å². The minimum atomic E-state index is 0.312. The lowest BCUT2D eigenvalue weighted by atomic mass is 9.79. The fourth-order valence-corrected chi connectivity index (χ4v) is 3.70. The molecule has 2 heterocycles. The van der Waals surface area contributed by atoms with E-state index in [1.807, 2.05) is 0 Å². The Morgan fingerprint density at radius 3 is 2.22 bits per heavy atom. The predicted molar refractivity (Wildman–Crippen MR) is 75.6 cm³/mol. The number of hydrogen-bond acceptors (Lipinski definition) is 2. The van der Waals surface area contributed by atoms with Crippen LogP contribution in [0.1, 0.15) is 37.7 Å².